The summed E-state index contributed by atoms with van der Waals surface area (Å²) >= 11 is 0. The van der Waals surface area contributed by atoms with Crippen LogP contribution in [0.4, 0.5) is 13.2 Å². The molecule has 216 valence electrons. The SMILES string of the molecule is Cc1nn(-c2ccc(C(F)(F)F)cc2)c2ncn(N=Cc3ccc(OC4OC(CO)C(O)C(O)C4O)cc3)c(=N)c12. The lowest BCUT2D eigenvalue weighted by molar-refractivity contribution is -0.277. The highest BCUT2D eigenvalue weighted by Gasteiger charge is 2.44. The molecule has 1 aliphatic heterocycles. The number of nitrogens with one attached hydrogen (secondary N) is 1. The van der Waals surface area contributed by atoms with Crippen molar-refractivity contribution in [3.8, 4) is 11.4 Å². The van der Waals surface area contributed by atoms with Gasteiger partial charge >= 0.3 is 6.18 Å². The maximum atomic E-state index is 12.9. The third kappa shape index (κ3) is 5.57. The Hall–Kier alpha value is -4.15. The molecule has 5 rings (SSSR count). The fourth-order valence-corrected chi connectivity index (χ4v) is 4.31. The summed E-state index contributed by atoms with van der Waals surface area (Å²) < 4.78 is 52.3. The summed E-state index contributed by atoms with van der Waals surface area (Å²) in [7, 11) is 0. The van der Waals surface area contributed by atoms with Gasteiger partial charge in [0.2, 0.25) is 6.29 Å². The van der Waals surface area contributed by atoms with Gasteiger partial charge in [-0.3, -0.25) is 5.41 Å². The molecule has 15 heteroatoms. The van der Waals surface area contributed by atoms with E-state index in [1.165, 1.54) is 34.0 Å². The summed E-state index contributed by atoms with van der Waals surface area (Å²) in [6.07, 6.45) is -8.74. The van der Waals surface area contributed by atoms with E-state index in [4.69, 9.17) is 14.9 Å². The quantitative estimate of drug-likeness (QED) is 0.213. The second-order valence-electron chi connectivity index (χ2n) is 9.31. The summed E-state index contributed by atoms with van der Waals surface area (Å²) in [6.45, 7) is 1.08. The number of halogens is 3. The number of rotatable bonds is 6. The fourth-order valence-electron chi connectivity index (χ4n) is 4.31. The van der Waals surface area contributed by atoms with Gasteiger partial charge in [0.15, 0.2) is 11.1 Å². The van der Waals surface area contributed by atoms with Crippen molar-refractivity contribution >= 4 is 17.2 Å². The Kier molecular flexibility index (Phi) is 7.63. The van der Waals surface area contributed by atoms with Crippen LogP contribution < -0.4 is 10.2 Å². The lowest BCUT2D eigenvalue weighted by Crippen LogP contribution is -2.60. The maximum Gasteiger partial charge on any atom is 0.416 e. The third-order valence-corrected chi connectivity index (χ3v) is 6.54. The van der Waals surface area contributed by atoms with Gasteiger partial charge in [0.1, 0.15) is 36.5 Å². The normalized spacial score (nSPS) is 23.4. The number of aliphatic hydroxyl groups is 4. The molecule has 0 aliphatic carbocycles. The smallest absolute Gasteiger partial charge is 0.416 e. The van der Waals surface area contributed by atoms with Gasteiger partial charge in [-0.05, 0) is 61.0 Å². The largest absolute Gasteiger partial charge is 0.462 e. The third-order valence-electron chi connectivity index (χ3n) is 6.54. The first kappa shape index (κ1) is 28.4. The van der Waals surface area contributed by atoms with Gasteiger partial charge in [0, 0.05) is 0 Å². The van der Waals surface area contributed by atoms with E-state index in [0.29, 0.717) is 22.3 Å². The van der Waals surface area contributed by atoms with E-state index >= 15 is 0 Å². The lowest BCUT2D eigenvalue weighted by Gasteiger charge is -2.39. The van der Waals surface area contributed by atoms with Crippen LogP contribution in [-0.2, 0) is 10.9 Å². The van der Waals surface area contributed by atoms with Crippen molar-refractivity contribution in [3.63, 3.8) is 0 Å². The van der Waals surface area contributed by atoms with Crippen molar-refractivity contribution < 1.29 is 43.1 Å². The van der Waals surface area contributed by atoms with Gasteiger partial charge < -0.3 is 29.9 Å². The number of alkyl halides is 3. The number of hydrogen-bond donors (Lipinski definition) is 5. The Morgan fingerprint density at radius 2 is 1.73 bits per heavy atom. The topological polar surface area (TPSA) is 171 Å². The highest BCUT2D eigenvalue weighted by atomic mass is 19.4. The first-order chi connectivity index (χ1) is 19.5. The molecule has 0 radical (unpaired) electrons. The highest BCUT2D eigenvalue weighted by molar-refractivity contribution is 5.80. The monoisotopic (exact) mass is 574 g/mol. The minimum atomic E-state index is -4.46. The summed E-state index contributed by atoms with van der Waals surface area (Å²) in [5.41, 5.74) is 0.865. The molecule has 2 aromatic heterocycles. The van der Waals surface area contributed by atoms with E-state index in [0.717, 1.165) is 12.1 Å². The van der Waals surface area contributed by atoms with Crippen LogP contribution >= 0.6 is 0 Å². The standard InChI is InChI=1S/C26H25F3N6O6/c1-13-19-23(30)34(12-31-24(19)35(33-13)16-6-4-15(5-7-16)26(27,28)29)32-10-14-2-8-17(9-3-14)40-25-22(39)21(38)20(37)18(11-36)41-25/h2-10,12,18,20-22,25,30,36-39H,11H2,1H3. The molecule has 1 fully saturated rings. The zero-order chi connectivity index (χ0) is 29.5. The predicted octanol–water partition coefficient (Wildman–Crippen LogP) is 1.09. The molecule has 5 atom stereocenters. The number of nitrogens with zero attached hydrogens (tertiary/aromatic N) is 5. The molecule has 4 aromatic rings. The fraction of sp³-hybridized carbons (Fsp3) is 0.308. The van der Waals surface area contributed by atoms with Gasteiger partial charge in [0.05, 0.1) is 35.2 Å². The average molecular weight is 575 g/mol. The molecule has 0 bridgehead atoms. The summed E-state index contributed by atoms with van der Waals surface area (Å²) in [4.78, 5) is 4.33. The van der Waals surface area contributed by atoms with Gasteiger partial charge in [-0.15, -0.1) is 0 Å². The number of aliphatic hydroxyl groups excluding tert-OH is 4. The molecule has 0 spiro atoms. The van der Waals surface area contributed by atoms with Crippen LogP contribution in [0.3, 0.4) is 0 Å². The van der Waals surface area contributed by atoms with E-state index in [-0.39, 0.29) is 16.9 Å². The molecular weight excluding hydrogens is 549 g/mol. The van der Waals surface area contributed by atoms with Gasteiger partial charge in [-0.25, -0.2) is 14.3 Å². The molecule has 5 unspecified atom stereocenters. The second-order valence-corrected chi connectivity index (χ2v) is 9.31. The number of aryl methyl sites for hydroxylation is 1. The number of fused-ring (bicyclic) bond motifs is 1. The van der Waals surface area contributed by atoms with Gasteiger partial charge in [-0.1, -0.05) is 0 Å². The zero-order valence-electron chi connectivity index (χ0n) is 21.3. The van der Waals surface area contributed by atoms with E-state index in [1.54, 1.807) is 31.2 Å². The Morgan fingerprint density at radius 3 is 2.37 bits per heavy atom. The van der Waals surface area contributed by atoms with Crippen molar-refractivity contribution in [1.29, 1.82) is 5.41 Å². The van der Waals surface area contributed by atoms with Crippen LogP contribution in [-0.4, -0.2) is 83.4 Å². The van der Waals surface area contributed by atoms with Crippen molar-refractivity contribution in [2.75, 3.05) is 6.61 Å². The van der Waals surface area contributed by atoms with Crippen molar-refractivity contribution in [2.24, 2.45) is 5.10 Å². The van der Waals surface area contributed by atoms with Crippen LogP contribution in [0.5, 0.6) is 5.75 Å². The Morgan fingerprint density at radius 1 is 1.05 bits per heavy atom. The number of aromatic nitrogens is 4. The molecule has 3 heterocycles. The maximum absolute atomic E-state index is 12.9. The number of benzene rings is 2. The first-order valence-electron chi connectivity index (χ1n) is 12.3. The molecule has 1 aliphatic rings. The Bertz CT molecular complexity index is 1620. The van der Waals surface area contributed by atoms with Crippen molar-refractivity contribution in [3.05, 3.63) is 77.2 Å². The van der Waals surface area contributed by atoms with E-state index < -0.39 is 49.1 Å². The highest BCUT2D eigenvalue weighted by Crippen LogP contribution is 2.30. The molecule has 1 saturated heterocycles. The summed E-state index contributed by atoms with van der Waals surface area (Å²) in [5.74, 6) is 0.273. The van der Waals surface area contributed by atoms with Gasteiger partial charge in [-0.2, -0.15) is 23.4 Å². The Labute approximate surface area is 229 Å². The van der Waals surface area contributed by atoms with Crippen molar-refractivity contribution in [2.45, 2.75) is 43.8 Å². The lowest BCUT2D eigenvalue weighted by atomic mass is 9.99. The minimum Gasteiger partial charge on any atom is -0.462 e. The van der Waals surface area contributed by atoms with Crippen molar-refractivity contribution in [1.82, 2.24) is 19.4 Å². The summed E-state index contributed by atoms with van der Waals surface area (Å²) in [5, 5.41) is 56.8. The van der Waals surface area contributed by atoms with Crippen LogP contribution in [0.25, 0.3) is 16.7 Å². The first-order valence-corrected chi connectivity index (χ1v) is 12.3. The number of hydrogen-bond acceptors (Lipinski definition) is 10. The zero-order valence-corrected chi connectivity index (χ0v) is 21.3. The molecule has 12 nitrogen and oxygen atoms in total. The molecule has 2 aromatic carbocycles. The van der Waals surface area contributed by atoms with Crippen LogP contribution in [0, 0.1) is 12.3 Å². The van der Waals surface area contributed by atoms with E-state index in [1.807, 2.05) is 0 Å². The number of ether oxygens (including phenoxy) is 2. The van der Waals surface area contributed by atoms with Crippen LogP contribution in [0.1, 0.15) is 16.8 Å². The van der Waals surface area contributed by atoms with Crippen LogP contribution in [0.2, 0.25) is 0 Å². The predicted molar refractivity (Wildman–Crippen MR) is 136 cm³/mol. The summed E-state index contributed by atoms with van der Waals surface area (Å²) in [6, 6.07) is 10.8. The Balaban J connectivity index is 1.33. The average Bonchev–Trinajstić information content (AvgIpc) is 3.30. The molecular formula is C26H25F3N6O6. The second kappa shape index (κ2) is 11.0. The van der Waals surface area contributed by atoms with Gasteiger partial charge in [0.25, 0.3) is 0 Å². The molecule has 5 N–H and O–H groups in total. The van der Waals surface area contributed by atoms with E-state index in [2.05, 4.69) is 15.2 Å². The molecule has 0 saturated carbocycles. The van der Waals surface area contributed by atoms with E-state index in [9.17, 15) is 33.6 Å². The minimum absolute atomic E-state index is 0.0375. The van der Waals surface area contributed by atoms with Crippen LogP contribution in [0.15, 0.2) is 60.0 Å². The molecule has 0 amide bonds. The molecule has 41 heavy (non-hydrogen) atoms.